The summed E-state index contributed by atoms with van der Waals surface area (Å²) in [5.74, 6) is 0. The van der Waals surface area contributed by atoms with Gasteiger partial charge in [0.15, 0.2) is 0 Å². The number of nitrogens with one attached hydrogen (secondary N) is 2. The first-order valence-electron chi connectivity index (χ1n) is 8.32. The highest BCUT2D eigenvalue weighted by molar-refractivity contribution is 4.54. The standard InChI is InChI=1S/C16H36N3/c1-2-3-4-5-6-7-8-9-13-18-15-11-16-19-14-10-12-17/h18-19H,1-17H2. The third-order valence-electron chi connectivity index (χ3n) is 3.37. The number of hydrogen-bond acceptors (Lipinski definition) is 3. The maximum Gasteiger partial charge on any atom is -0.00368 e. The van der Waals surface area contributed by atoms with Gasteiger partial charge in [0.2, 0.25) is 0 Å². The van der Waals surface area contributed by atoms with Crippen molar-refractivity contribution in [2.24, 2.45) is 5.73 Å². The Morgan fingerprint density at radius 1 is 0.579 bits per heavy atom. The van der Waals surface area contributed by atoms with E-state index in [4.69, 9.17) is 5.73 Å². The van der Waals surface area contributed by atoms with Crippen LogP contribution in [0.2, 0.25) is 0 Å². The van der Waals surface area contributed by atoms with Crippen molar-refractivity contribution in [1.29, 1.82) is 0 Å². The Balaban J connectivity index is 2.88. The molecule has 0 amide bonds. The van der Waals surface area contributed by atoms with E-state index in [2.05, 4.69) is 17.6 Å². The fourth-order valence-electron chi connectivity index (χ4n) is 2.13. The molecule has 0 bridgehead atoms. The smallest absolute Gasteiger partial charge is 0.00368 e. The van der Waals surface area contributed by atoms with E-state index in [0.717, 1.165) is 39.0 Å². The van der Waals surface area contributed by atoms with Gasteiger partial charge in [-0.1, -0.05) is 51.9 Å². The zero-order valence-corrected chi connectivity index (χ0v) is 12.9. The van der Waals surface area contributed by atoms with Gasteiger partial charge in [0.05, 0.1) is 0 Å². The van der Waals surface area contributed by atoms with Crippen LogP contribution >= 0.6 is 0 Å². The van der Waals surface area contributed by atoms with E-state index in [1.165, 1.54) is 57.9 Å². The number of rotatable bonds is 16. The van der Waals surface area contributed by atoms with E-state index < -0.39 is 0 Å². The summed E-state index contributed by atoms with van der Waals surface area (Å²) in [6.07, 6.45) is 13.0. The maximum absolute atomic E-state index is 5.43. The summed E-state index contributed by atoms with van der Waals surface area (Å²) >= 11 is 0. The minimum absolute atomic E-state index is 0.792. The molecule has 0 saturated heterocycles. The molecule has 0 aliphatic carbocycles. The molecule has 19 heavy (non-hydrogen) atoms. The van der Waals surface area contributed by atoms with Gasteiger partial charge < -0.3 is 16.4 Å². The van der Waals surface area contributed by atoms with Gasteiger partial charge in [-0.2, -0.15) is 0 Å². The van der Waals surface area contributed by atoms with Crippen LogP contribution in [0, 0.1) is 6.92 Å². The average molecular weight is 270 g/mol. The monoisotopic (exact) mass is 270 g/mol. The molecule has 1 radical (unpaired) electrons. The van der Waals surface area contributed by atoms with Crippen molar-refractivity contribution in [3.8, 4) is 0 Å². The minimum Gasteiger partial charge on any atom is -0.330 e. The number of unbranched alkanes of at least 4 members (excludes halogenated alkanes) is 7. The highest BCUT2D eigenvalue weighted by Gasteiger charge is 1.92. The van der Waals surface area contributed by atoms with E-state index in [1.807, 2.05) is 0 Å². The van der Waals surface area contributed by atoms with Crippen molar-refractivity contribution < 1.29 is 0 Å². The summed E-state index contributed by atoms with van der Waals surface area (Å²) in [6.45, 7) is 9.15. The lowest BCUT2D eigenvalue weighted by Crippen LogP contribution is -2.24. The van der Waals surface area contributed by atoms with Gasteiger partial charge in [-0.05, 0) is 52.0 Å². The predicted octanol–water partition coefficient (Wildman–Crippen LogP) is 2.86. The van der Waals surface area contributed by atoms with E-state index in [9.17, 15) is 0 Å². The molecule has 0 saturated carbocycles. The van der Waals surface area contributed by atoms with E-state index in [1.54, 1.807) is 0 Å². The zero-order chi connectivity index (χ0) is 14.0. The van der Waals surface area contributed by atoms with Crippen molar-refractivity contribution in [2.75, 3.05) is 32.7 Å². The predicted molar refractivity (Wildman–Crippen MR) is 86.3 cm³/mol. The molecule has 4 N–H and O–H groups in total. The molecule has 0 unspecified atom stereocenters. The maximum atomic E-state index is 5.43. The second kappa shape index (κ2) is 17.9. The molecule has 0 aromatic heterocycles. The first-order valence-corrected chi connectivity index (χ1v) is 8.32. The van der Waals surface area contributed by atoms with Gasteiger partial charge in [0, 0.05) is 0 Å². The summed E-state index contributed by atoms with van der Waals surface area (Å²) in [7, 11) is 0. The molecule has 0 fully saturated rings. The Morgan fingerprint density at radius 3 is 1.63 bits per heavy atom. The van der Waals surface area contributed by atoms with Gasteiger partial charge >= 0.3 is 0 Å². The van der Waals surface area contributed by atoms with Crippen LogP contribution in [0.15, 0.2) is 0 Å². The second-order valence-corrected chi connectivity index (χ2v) is 5.32. The molecule has 0 rings (SSSR count). The van der Waals surface area contributed by atoms with Crippen LogP contribution in [0.5, 0.6) is 0 Å². The van der Waals surface area contributed by atoms with Crippen molar-refractivity contribution in [3.05, 3.63) is 6.92 Å². The first kappa shape index (κ1) is 18.9. The minimum atomic E-state index is 0.792. The molecule has 0 aliphatic heterocycles. The molecule has 0 aromatic rings. The lowest BCUT2D eigenvalue weighted by molar-refractivity contribution is 0.543. The van der Waals surface area contributed by atoms with Crippen LogP contribution in [0.25, 0.3) is 0 Å². The molecule has 3 heteroatoms. The molecule has 0 atom stereocenters. The van der Waals surface area contributed by atoms with Gasteiger partial charge in [-0.3, -0.25) is 0 Å². The van der Waals surface area contributed by atoms with Crippen molar-refractivity contribution in [2.45, 2.75) is 64.2 Å². The normalized spacial score (nSPS) is 11.1. The quantitative estimate of drug-likeness (QED) is 0.378. The van der Waals surface area contributed by atoms with Crippen molar-refractivity contribution in [3.63, 3.8) is 0 Å². The first-order chi connectivity index (χ1) is 9.41. The van der Waals surface area contributed by atoms with Crippen LogP contribution in [0.4, 0.5) is 0 Å². The molecule has 0 aromatic carbocycles. The summed E-state index contributed by atoms with van der Waals surface area (Å²) in [6, 6.07) is 0. The van der Waals surface area contributed by atoms with Gasteiger partial charge in [-0.15, -0.1) is 0 Å². The number of nitrogens with two attached hydrogens (primary N) is 1. The summed E-state index contributed by atoms with van der Waals surface area (Å²) < 4.78 is 0. The van der Waals surface area contributed by atoms with Crippen LogP contribution < -0.4 is 16.4 Å². The highest BCUT2D eigenvalue weighted by Crippen LogP contribution is 2.07. The molecule has 115 valence electrons. The van der Waals surface area contributed by atoms with Crippen LogP contribution in [0.3, 0.4) is 0 Å². The second-order valence-electron chi connectivity index (χ2n) is 5.32. The molecule has 0 heterocycles. The lowest BCUT2D eigenvalue weighted by Gasteiger charge is -2.06. The molecule has 0 spiro atoms. The van der Waals surface area contributed by atoms with E-state index >= 15 is 0 Å². The van der Waals surface area contributed by atoms with E-state index in [0.29, 0.717) is 0 Å². The Morgan fingerprint density at radius 2 is 1.05 bits per heavy atom. The lowest BCUT2D eigenvalue weighted by atomic mass is 10.1. The third kappa shape index (κ3) is 17.9. The molecule has 0 aliphatic rings. The van der Waals surface area contributed by atoms with Gasteiger partial charge in [-0.25, -0.2) is 0 Å². The third-order valence-corrected chi connectivity index (χ3v) is 3.37. The van der Waals surface area contributed by atoms with E-state index in [-0.39, 0.29) is 0 Å². The number of hydrogen-bond donors (Lipinski definition) is 3. The molecular formula is C16H36N3. The van der Waals surface area contributed by atoms with Crippen LogP contribution in [0.1, 0.15) is 64.2 Å². The Bertz CT molecular complexity index is 135. The average Bonchev–Trinajstić information content (AvgIpc) is 2.43. The van der Waals surface area contributed by atoms with Crippen LogP contribution in [-0.4, -0.2) is 32.7 Å². The highest BCUT2D eigenvalue weighted by atomic mass is 14.9. The van der Waals surface area contributed by atoms with Crippen molar-refractivity contribution in [1.82, 2.24) is 10.6 Å². The summed E-state index contributed by atoms with van der Waals surface area (Å²) in [5, 5.41) is 6.91. The Hall–Kier alpha value is -0.120. The summed E-state index contributed by atoms with van der Waals surface area (Å²) in [5.41, 5.74) is 5.43. The fourth-order valence-corrected chi connectivity index (χ4v) is 2.13. The topological polar surface area (TPSA) is 50.1 Å². The van der Waals surface area contributed by atoms with Gasteiger partial charge in [0.1, 0.15) is 0 Å². The van der Waals surface area contributed by atoms with Crippen LogP contribution in [-0.2, 0) is 0 Å². The largest absolute Gasteiger partial charge is 0.330 e. The Labute approximate surface area is 121 Å². The van der Waals surface area contributed by atoms with Gasteiger partial charge in [0.25, 0.3) is 0 Å². The Kier molecular flexibility index (Phi) is 17.8. The zero-order valence-electron chi connectivity index (χ0n) is 12.9. The van der Waals surface area contributed by atoms with Crippen molar-refractivity contribution >= 4 is 0 Å². The molecule has 3 nitrogen and oxygen atoms in total. The molecular weight excluding hydrogens is 234 g/mol. The summed E-state index contributed by atoms with van der Waals surface area (Å²) in [4.78, 5) is 0. The fraction of sp³-hybridized carbons (Fsp3) is 0.938. The SMILES string of the molecule is [CH2]CCCCCCCCCNCCCNCCCN.